The SMILES string of the molecule is [2H]c1c(-c2ccccn2)cc(-c2cccc3c2nc(-c2cc(C)cc(C)c2O)n3-c2ccccc2)c([2H])c1[2H]. The van der Waals surface area contributed by atoms with Gasteiger partial charge in [0.2, 0.25) is 0 Å². The highest BCUT2D eigenvalue weighted by Gasteiger charge is 2.20. The van der Waals surface area contributed by atoms with Crippen molar-refractivity contribution in [3.05, 3.63) is 120 Å². The molecule has 0 unspecified atom stereocenters. The van der Waals surface area contributed by atoms with Gasteiger partial charge in [-0.25, -0.2) is 4.98 Å². The highest BCUT2D eigenvalue weighted by molar-refractivity contribution is 5.96. The number of hydrogen-bond donors (Lipinski definition) is 1. The van der Waals surface area contributed by atoms with Crippen LogP contribution in [-0.4, -0.2) is 19.6 Å². The van der Waals surface area contributed by atoms with E-state index in [1.165, 1.54) is 0 Å². The minimum absolute atomic E-state index is 0.0368. The molecule has 0 spiro atoms. The summed E-state index contributed by atoms with van der Waals surface area (Å²) in [5.74, 6) is 0.743. The van der Waals surface area contributed by atoms with Crippen LogP contribution in [0.4, 0.5) is 0 Å². The lowest BCUT2D eigenvalue weighted by molar-refractivity contribution is 0.472. The number of aryl methyl sites for hydroxylation is 2. The number of fused-ring (bicyclic) bond motifs is 1. The third-order valence-corrected chi connectivity index (χ3v) is 6.30. The first-order chi connectivity index (χ1) is 18.8. The number of benzene rings is 4. The molecule has 0 amide bonds. The summed E-state index contributed by atoms with van der Waals surface area (Å²) in [5.41, 5.74) is 6.91. The smallest absolute Gasteiger partial charge is 0.149 e. The molecule has 0 aliphatic carbocycles. The first kappa shape index (κ1) is 18.6. The van der Waals surface area contributed by atoms with Gasteiger partial charge in [-0.15, -0.1) is 0 Å². The molecule has 0 saturated heterocycles. The Morgan fingerprint density at radius 1 is 0.806 bits per heavy atom. The van der Waals surface area contributed by atoms with Crippen LogP contribution in [0.2, 0.25) is 0 Å². The van der Waals surface area contributed by atoms with Crippen molar-refractivity contribution in [1.29, 1.82) is 0 Å². The number of phenolic OH excluding ortho intramolecular Hbond substituents is 1. The van der Waals surface area contributed by atoms with Crippen LogP contribution < -0.4 is 0 Å². The number of pyridine rings is 1. The largest absolute Gasteiger partial charge is 0.507 e. The van der Waals surface area contributed by atoms with Gasteiger partial charge in [0.15, 0.2) is 0 Å². The van der Waals surface area contributed by atoms with Crippen molar-refractivity contribution < 1.29 is 9.22 Å². The Bertz CT molecular complexity index is 1870. The summed E-state index contributed by atoms with van der Waals surface area (Å²) in [6.07, 6.45) is 1.65. The van der Waals surface area contributed by atoms with Gasteiger partial charge < -0.3 is 5.11 Å². The second kappa shape index (κ2) is 8.82. The van der Waals surface area contributed by atoms with Gasteiger partial charge in [0.05, 0.1) is 26.4 Å². The number of para-hydroxylation sites is 2. The fourth-order valence-electron chi connectivity index (χ4n) is 4.65. The minimum atomic E-state index is -0.167. The zero-order valence-electron chi connectivity index (χ0n) is 22.9. The fraction of sp³-hybridized carbons (Fsp3) is 0.0625. The van der Waals surface area contributed by atoms with Gasteiger partial charge in [0.1, 0.15) is 11.6 Å². The molecule has 2 heterocycles. The molecule has 0 aliphatic heterocycles. The Morgan fingerprint density at radius 3 is 2.42 bits per heavy atom. The molecule has 4 aromatic carbocycles. The average molecular weight is 471 g/mol. The van der Waals surface area contributed by atoms with Crippen molar-refractivity contribution in [2.24, 2.45) is 0 Å². The van der Waals surface area contributed by atoms with Gasteiger partial charge in [-0.3, -0.25) is 9.55 Å². The number of rotatable bonds is 4. The summed E-state index contributed by atoms with van der Waals surface area (Å²) >= 11 is 0. The summed E-state index contributed by atoms with van der Waals surface area (Å²) in [4.78, 5) is 9.46. The van der Waals surface area contributed by atoms with Gasteiger partial charge in [-0.2, -0.15) is 0 Å². The van der Waals surface area contributed by atoms with Crippen LogP contribution in [0.5, 0.6) is 5.75 Å². The van der Waals surface area contributed by atoms with Gasteiger partial charge >= 0.3 is 0 Å². The van der Waals surface area contributed by atoms with Crippen molar-refractivity contribution in [1.82, 2.24) is 14.5 Å². The van der Waals surface area contributed by atoms with Gasteiger partial charge in [-0.1, -0.05) is 60.6 Å². The third-order valence-electron chi connectivity index (χ3n) is 6.30. The van der Waals surface area contributed by atoms with Crippen LogP contribution in [0, 0.1) is 13.8 Å². The van der Waals surface area contributed by atoms with Crippen LogP contribution in [0.3, 0.4) is 0 Å². The second-order valence-electron chi connectivity index (χ2n) is 8.82. The van der Waals surface area contributed by atoms with Gasteiger partial charge in [-0.05, 0) is 73.0 Å². The van der Waals surface area contributed by atoms with Crippen LogP contribution in [0.1, 0.15) is 15.2 Å². The third kappa shape index (κ3) is 3.73. The lowest BCUT2D eigenvalue weighted by Gasteiger charge is -2.12. The van der Waals surface area contributed by atoms with Crippen LogP contribution in [-0.2, 0) is 0 Å². The molecular formula is C32H25N3O. The van der Waals surface area contributed by atoms with Crippen LogP contribution in [0.15, 0.2) is 109 Å². The molecular weight excluding hydrogens is 442 g/mol. The van der Waals surface area contributed by atoms with Crippen molar-refractivity contribution in [2.75, 3.05) is 0 Å². The predicted octanol–water partition coefficient (Wildman–Crippen LogP) is 7.74. The summed E-state index contributed by atoms with van der Waals surface area (Å²) in [7, 11) is 0. The number of hydrogen-bond acceptors (Lipinski definition) is 3. The molecule has 6 aromatic rings. The van der Waals surface area contributed by atoms with E-state index in [0.717, 1.165) is 22.3 Å². The molecule has 36 heavy (non-hydrogen) atoms. The lowest BCUT2D eigenvalue weighted by atomic mass is 10.0. The summed E-state index contributed by atoms with van der Waals surface area (Å²) < 4.78 is 27.9. The monoisotopic (exact) mass is 470 g/mol. The molecule has 2 aromatic heterocycles. The highest BCUT2D eigenvalue weighted by Crippen LogP contribution is 2.39. The number of aromatic nitrogens is 3. The zero-order chi connectivity index (χ0) is 27.3. The Labute approximate surface area is 214 Å². The molecule has 0 bridgehead atoms. The Morgan fingerprint density at radius 2 is 1.61 bits per heavy atom. The first-order valence-electron chi connectivity index (χ1n) is 13.2. The molecule has 0 atom stereocenters. The van der Waals surface area contributed by atoms with E-state index in [1.54, 1.807) is 24.4 Å². The Balaban J connectivity index is 1.69. The first-order valence-corrected chi connectivity index (χ1v) is 11.7. The number of nitrogens with zero attached hydrogens (tertiary/aromatic N) is 3. The number of aromatic hydroxyl groups is 1. The second-order valence-corrected chi connectivity index (χ2v) is 8.82. The van der Waals surface area contributed by atoms with E-state index in [4.69, 9.17) is 9.10 Å². The van der Waals surface area contributed by atoms with Crippen molar-refractivity contribution >= 4 is 11.0 Å². The number of imidazole rings is 1. The van der Waals surface area contributed by atoms with E-state index in [-0.39, 0.29) is 23.9 Å². The zero-order valence-corrected chi connectivity index (χ0v) is 19.9. The molecule has 0 aliphatic rings. The summed E-state index contributed by atoms with van der Waals surface area (Å²) in [6.45, 7) is 3.86. The quantitative estimate of drug-likeness (QED) is 0.287. The molecule has 4 heteroatoms. The fourth-order valence-corrected chi connectivity index (χ4v) is 4.65. The topological polar surface area (TPSA) is 50.9 Å². The van der Waals surface area contributed by atoms with Crippen molar-refractivity contribution in [3.8, 4) is 45.2 Å². The minimum Gasteiger partial charge on any atom is -0.507 e. The standard InChI is InChI=1S/C32H25N3O/c1-21-18-22(2)31(36)27(19-21)32-34-30-26(14-9-16-29(30)35(32)25-12-4-3-5-13-25)23-10-8-11-24(20-23)28-15-6-7-17-33-28/h3-20,36H,1-2H3/i8D,10D,11D. The molecule has 0 radical (unpaired) electrons. The van der Waals surface area contributed by atoms with E-state index in [1.807, 2.05) is 85.1 Å². The Hall–Kier alpha value is -4.70. The number of phenols is 1. The molecule has 6 rings (SSSR count). The summed E-state index contributed by atoms with van der Waals surface area (Å²) in [5, 5.41) is 11.1. The van der Waals surface area contributed by atoms with E-state index < -0.39 is 0 Å². The average Bonchev–Trinajstić information content (AvgIpc) is 3.34. The molecule has 4 nitrogen and oxygen atoms in total. The van der Waals surface area contributed by atoms with E-state index >= 15 is 0 Å². The molecule has 0 fully saturated rings. The van der Waals surface area contributed by atoms with Crippen molar-refractivity contribution in [3.63, 3.8) is 0 Å². The van der Waals surface area contributed by atoms with E-state index in [2.05, 4.69) is 4.98 Å². The maximum absolute atomic E-state index is 11.1. The van der Waals surface area contributed by atoms with Crippen LogP contribution >= 0.6 is 0 Å². The van der Waals surface area contributed by atoms with Crippen LogP contribution in [0.25, 0.3) is 50.5 Å². The molecule has 0 saturated carbocycles. The Kier molecular flexibility index (Phi) is 4.56. The maximum Gasteiger partial charge on any atom is 0.149 e. The van der Waals surface area contributed by atoms with Crippen molar-refractivity contribution in [2.45, 2.75) is 13.8 Å². The van der Waals surface area contributed by atoms with Gasteiger partial charge in [0, 0.05) is 23.0 Å². The van der Waals surface area contributed by atoms with Gasteiger partial charge in [0.25, 0.3) is 0 Å². The lowest BCUT2D eigenvalue weighted by Crippen LogP contribution is -1.98. The van der Waals surface area contributed by atoms with E-state index in [0.29, 0.717) is 39.3 Å². The normalized spacial score (nSPS) is 12.3. The van der Waals surface area contributed by atoms with E-state index in [9.17, 15) is 5.11 Å². The molecule has 1 N–H and O–H groups in total. The predicted molar refractivity (Wildman–Crippen MR) is 146 cm³/mol. The highest BCUT2D eigenvalue weighted by atomic mass is 16.3. The maximum atomic E-state index is 11.1. The molecule has 174 valence electrons. The summed E-state index contributed by atoms with van der Waals surface area (Å²) in [6, 6.07) is 26.4.